The van der Waals surface area contributed by atoms with Gasteiger partial charge in [-0.3, -0.25) is 0 Å². The van der Waals surface area contributed by atoms with Gasteiger partial charge in [0.05, 0.1) is 6.54 Å². The quantitative estimate of drug-likeness (QED) is 0.771. The van der Waals surface area contributed by atoms with Crippen LogP contribution in [0.2, 0.25) is 0 Å². The maximum atomic E-state index is 13.4. The molecule has 1 heterocycles. The Balaban J connectivity index is 1.84. The first kappa shape index (κ1) is 12.6. The largest absolute Gasteiger partial charge is 0.445 e. The van der Waals surface area contributed by atoms with Crippen LogP contribution in [-0.2, 0) is 11.3 Å². The van der Waals surface area contributed by atoms with Gasteiger partial charge >= 0.3 is 6.09 Å². The number of carbonyl (C=O) groups excluding carboxylic acids is 1. The molecule has 1 fully saturated rings. The van der Waals surface area contributed by atoms with Gasteiger partial charge in [-0.2, -0.15) is 0 Å². The lowest BCUT2D eigenvalue weighted by Crippen LogP contribution is -2.29. The molecular formula is C14H16FNO2. The molecule has 1 aromatic rings. The monoisotopic (exact) mass is 249 g/mol. The van der Waals surface area contributed by atoms with Crippen LogP contribution in [0.4, 0.5) is 9.18 Å². The smallest absolute Gasteiger partial charge is 0.410 e. The number of likely N-dealkylation sites (tertiary alicyclic amines) is 1. The van der Waals surface area contributed by atoms with Crippen molar-refractivity contribution in [2.75, 3.05) is 13.1 Å². The Labute approximate surface area is 106 Å². The van der Waals surface area contributed by atoms with E-state index in [2.05, 4.69) is 6.58 Å². The van der Waals surface area contributed by atoms with Crippen LogP contribution in [0.5, 0.6) is 0 Å². The summed E-state index contributed by atoms with van der Waals surface area (Å²) >= 11 is 0. The molecule has 3 nitrogen and oxygen atoms in total. The number of amides is 1. The van der Waals surface area contributed by atoms with Gasteiger partial charge in [0.25, 0.3) is 0 Å². The number of rotatable bonds is 3. The fourth-order valence-corrected chi connectivity index (χ4v) is 1.97. The van der Waals surface area contributed by atoms with Crippen molar-refractivity contribution in [2.45, 2.75) is 12.8 Å². The van der Waals surface area contributed by atoms with E-state index in [0.717, 1.165) is 5.56 Å². The first-order chi connectivity index (χ1) is 8.70. The average Bonchev–Trinajstić information content (AvgIpc) is 2.78. The van der Waals surface area contributed by atoms with Crippen LogP contribution in [0.3, 0.4) is 0 Å². The third-order valence-electron chi connectivity index (χ3n) is 3.06. The molecule has 4 heteroatoms. The number of benzene rings is 1. The van der Waals surface area contributed by atoms with E-state index in [1.165, 1.54) is 4.90 Å². The Morgan fingerprint density at radius 3 is 2.78 bits per heavy atom. The standard InChI is InChI=1S/C14H16FNO2/c1-2-12-8-16(9-13(12)15)14(17)18-10-11-6-4-3-5-7-11/h2-7,12-13H,1,8-10H2/t12?,13-/m1/s1. The van der Waals surface area contributed by atoms with Crippen LogP contribution < -0.4 is 0 Å². The zero-order chi connectivity index (χ0) is 13.0. The molecule has 1 amide bonds. The van der Waals surface area contributed by atoms with Crippen molar-refractivity contribution in [2.24, 2.45) is 5.92 Å². The molecule has 18 heavy (non-hydrogen) atoms. The SMILES string of the molecule is C=CC1CN(C(=O)OCc2ccccc2)C[C@H]1F. The van der Waals surface area contributed by atoms with E-state index in [1.807, 2.05) is 30.3 Å². The minimum absolute atomic E-state index is 0.0876. The molecule has 0 saturated carbocycles. The zero-order valence-corrected chi connectivity index (χ0v) is 10.1. The molecular weight excluding hydrogens is 233 g/mol. The summed E-state index contributed by atoms with van der Waals surface area (Å²) in [5.41, 5.74) is 0.919. The van der Waals surface area contributed by atoms with Gasteiger partial charge in [0.1, 0.15) is 12.8 Å². The van der Waals surface area contributed by atoms with Crippen LogP contribution in [0.15, 0.2) is 43.0 Å². The fourth-order valence-electron chi connectivity index (χ4n) is 1.97. The number of nitrogens with zero attached hydrogens (tertiary/aromatic N) is 1. The molecule has 1 aliphatic rings. The predicted octanol–water partition coefficient (Wildman–Crippen LogP) is 2.78. The van der Waals surface area contributed by atoms with Crippen LogP contribution >= 0.6 is 0 Å². The van der Waals surface area contributed by atoms with Crippen molar-refractivity contribution in [1.29, 1.82) is 0 Å². The van der Waals surface area contributed by atoms with Crippen molar-refractivity contribution in [3.63, 3.8) is 0 Å². The van der Waals surface area contributed by atoms with Gasteiger partial charge in [-0.1, -0.05) is 36.4 Å². The summed E-state index contributed by atoms with van der Waals surface area (Å²) in [6.45, 7) is 4.21. The van der Waals surface area contributed by atoms with Crippen molar-refractivity contribution < 1.29 is 13.9 Å². The van der Waals surface area contributed by atoms with Crippen molar-refractivity contribution in [3.8, 4) is 0 Å². The first-order valence-corrected chi connectivity index (χ1v) is 5.93. The molecule has 2 rings (SSSR count). The maximum Gasteiger partial charge on any atom is 0.410 e. The third kappa shape index (κ3) is 2.88. The summed E-state index contributed by atoms with van der Waals surface area (Å²) in [5, 5.41) is 0. The number of alkyl halides is 1. The highest BCUT2D eigenvalue weighted by Crippen LogP contribution is 2.21. The van der Waals surface area contributed by atoms with Gasteiger partial charge in [0.15, 0.2) is 0 Å². The van der Waals surface area contributed by atoms with Crippen LogP contribution in [0, 0.1) is 5.92 Å². The van der Waals surface area contributed by atoms with Crippen LogP contribution in [-0.4, -0.2) is 30.3 Å². The number of hydrogen-bond donors (Lipinski definition) is 0. The molecule has 96 valence electrons. The normalized spacial score (nSPS) is 22.8. The zero-order valence-electron chi connectivity index (χ0n) is 10.1. The van der Waals surface area contributed by atoms with Crippen LogP contribution in [0.25, 0.3) is 0 Å². The van der Waals surface area contributed by atoms with E-state index in [0.29, 0.717) is 6.54 Å². The highest BCUT2D eigenvalue weighted by atomic mass is 19.1. The molecule has 0 radical (unpaired) electrons. The van der Waals surface area contributed by atoms with E-state index in [1.54, 1.807) is 6.08 Å². The first-order valence-electron chi connectivity index (χ1n) is 5.93. The molecule has 1 unspecified atom stereocenters. The summed E-state index contributed by atoms with van der Waals surface area (Å²) < 4.78 is 18.6. The second kappa shape index (κ2) is 5.67. The van der Waals surface area contributed by atoms with E-state index in [9.17, 15) is 9.18 Å². The second-order valence-electron chi connectivity index (χ2n) is 4.36. The number of hydrogen-bond acceptors (Lipinski definition) is 2. The van der Waals surface area contributed by atoms with Crippen molar-refractivity contribution >= 4 is 6.09 Å². The van der Waals surface area contributed by atoms with Gasteiger partial charge in [0.2, 0.25) is 0 Å². The Kier molecular flexibility index (Phi) is 3.97. The lowest BCUT2D eigenvalue weighted by molar-refractivity contribution is 0.102. The summed E-state index contributed by atoms with van der Waals surface area (Å²) in [5.74, 6) is -0.283. The van der Waals surface area contributed by atoms with Gasteiger partial charge in [-0.05, 0) is 5.56 Å². The Morgan fingerprint density at radius 2 is 2.17 bits per heavy atom. The summed E-state index contributed by atoms with van der Waals surface area (Å²) in [6, 6.07) is 9.41. The van der Waals surface area contributed by atoms with Gasteiger partial charge in [-0.15, -0.1) is 6.58 Å². The summed E-state index contributed by atoms with van der Waals surface area (Å²) in [7, 11) is 0. The van der Waals surface area contributed by atoms with Crippen LogP contribution in [0.1, 0.15) is 5.56 Å². The Morgan fingerprint density at radius 1 is 1.44 bits per heavy atom. The van der Waals surface area contributed by atoms with E-state index >= 15 is 0 Å². The van der Waals surface area contributed by atoms with Gasteiger partial charge < -0.3 is 9.64 Å². The topological polar surface area (TPSA) is 29.5 Å². The molecule has 0 spiro atoms. The molecule has 0 aromatic heterocycles. The highest BCUT2D eigenvalue weighted by molar-refractivity contribution is 5.68. The number of carbonyl (C=O) groups is 1. The summed E-state index contributed by atoms with van der Waals surface area (Å²) in [4.78, 5) is 13.1. The lowest BCUT2D eigenvalue weighted by Gasteiger charge is -2.15. The van der Waals surface area contributed by atoms with Crippen molar-refractivity contribution in [1.82, 2.24) is 4.90 Å². The Bertz CT molecular complexity index is 421. The lowest BCUT2D eigenvalue weighted by atomic mass is 10.1. The molecule has 0 bridgehead atoms. The molecule has 2 atom stereocenters. The van der Waals surface area contributed by atoms with E-state index < -0.39 is 12.3 Å². The minimum atomic E-state index is -1.04. The highest BCUT2D eigenvalue weighted by Gasteiger charge is 2.34. The average molecular weight is 249 g/mol. The molecule has 1 aliphatic heterocycles. The summed E-state index contributed by atoms with van der Waals surface area (Å²) in [6.07, 6.45) is 0.0485. The van der Waals surface area contributed by atoms with E-state index in [-0.39, 0.29) is 19.1 Å². The van der Waals surface area contributed by atoms with Gasteiger partial charge in [0, 0.05) is 12.5 Å². The van der Waals surface area contributed by atoms with E-state index in [4.69, 9.17) is 4.74 Å². The predicted molar refractivity (Wildman–Crippen MR) is 66.8 cm³/mol. The number of halogens is 1. The van der Waals surface area contributed by atoms with Crippen molar-refractivity contribution in [3.05, 3.63) is 48.6 Å². The molecule has 0 N–H and O–H groups in total. The Hall–Kier alpha value is -1.84. The van der Waals surface area contributed by atoms with Gasteiger partial charge in [-0.25, -0.2) is 9.18 Å². The molecule has 1 aromatic carbocycles. The second-order valence-corrected chi connectivity index (χ2v) is 4.36. The maximum absolute atomic E-state index is 13.4. The third-order valence-corrected chi connectivity index (χ3v) is 3.06. The fraction of sp³-hybridized carbons (Fsp3) is 0.357. The number of ether oxygens (including phenoxy) is 1. The molecule has 1 saturated heterocycles. The molecule has 0 aliphatic carbocycles. The minimum Gasteiger partial charge on any atom is -0.445 e.